The topological polar surface area (TPSA) is 60.7 Å². The fraction of sp³-hybridized carbons (Fsp3) is 0.182. The van der Waals surface area contributed by atoms with Gasteiger partial charge in [0.05, 0.1) is 5.75 Å². The SMILES string of the molecule is Cn1c(SCC(=O)c2ccc3c4c(cccc24)CC3)nnc1-c1cccnc1. The first-order valence-electron chi connectivity index (χ1n) is 9.21. The summed E-state index contributed by atoms with van der Waals surface area (Å²) in [5.41, 5.74) is 4.40. The van der Waals surface area contributed by atoms with E-state index in [-0.39, 0.29) is 5.78 Å². The minimum absolute atomic E-state index is 0.117. The first kappa shape index (κ1) is 17.1. The molecule has 0 saturated carbocycles. The zero-order valence-electron chi connectivity index (χ0n) is 15.4. The third-order valence-corrected chi connectivity index (χ3v) is 6.28. The van der Waals surface area contributed by atoms with E-state index in [4.69, 9.17) is 0 Å². The number of aryl methyl sites for hydroxylation is 2. The van der Waals surface area contributed by atoms with Gasteiger partial charge in [-0.15, -0.1) is 10.2 Å². The van der Waals surface area contributed by atoms with Crippen molar-refractivity contribution in [1.29, 1.82) is 0 Å². The lowest BCUT2D eigenvalue weighted by Gasteiger charge is -2.08. The molecule has 0 radical (unpaired) electrons. The average molecular weight is 386 g/mol. The van der Waals surface area contributed by atoms with Crippen LogP contribution in [0.3, 0.4) is 0 Å². The van der Waals surface area contributed by atoms with E-state index in [1.807, 2.05) is 29.8 Å². The molecule has 0 aliphatic heterocycles. The normalized spacial score (nSPS) is 12.6. The van der Waals surface area contributed by atoms with Crippen LogP contribution in [0.4, 0.5) is 0 Å². The number of Topliss-reactive ketones (excluding diaryl/α,β-unsaturated/α-hetero) is 1. The highest BCUT2D eigenvalue weighted by molar-refractivity contribution is 7.99. The highest BCUT2D eigenvalue weighted by Gasteiger charge is 2.19. The van der Waals surface area contributed by atoms with E-state index in [1.165, 1.54) is 28.3 Å². The number of ketones is 1. The van der Waals surface area contributed by atoms with E-state index in [0.717, 1.165) is 40.3 Å². The molecule has 0 atom stereocenters. The molecule has 2 aromatic heterocycles. The molecule has 2 heterocycles. The summed E-state index contributed by atoms with van der Waals surface area (Å²) >= 11 is 1.42. The van der Waals surface area contributed by atoms with Gasteiger partial charge in [0.25, 0.3) is 0 Å². The first-order valence-corrected chi connectivity index (χ1v) is 10.2. The Hall–Kier alpha value is -2.99. The Kier molecular flexibility index (Phi) is 4.20. The second kappa shape index (κ2) is 6.87. The minimum atomic E-state index is 0.117. The Balaban J connectivity index is 1.40. The largest absolute Gasteiger partial charge is 0.305 e. The molecule has 2 aromatic carbocycles. The van der Waals surface area contributed by atoms with Crippen LogP contribution in [-0.2, 0) is 19.9 Å². The Morgan fingerprint density at radius 2 is 1.93 bits per heavy atom. The monoisotopic (exact) mass is 386 g/mol. The summed E-state index contributed by atoms with van der Waals surface area (Å²) in [5, 5.41) is 11.6. The van der Waals surface area contributed by atoms with Crippen LogP contribution in [0.5, 0.6) is 0 Å². The summed E-state index contributed by atoms with van der Waals surface area (Å²) in [7, 11) is 1.91. The van der Waals surface area contributed by atoms with Crippen LogP contribution in [0.15, 0.2) is 60.0 Å². The van der Waals surface area contributed by atoms with Gasteiger partial charge in [0.2, 0.25) is 0 Å². The molecule has 0 bridgehead atoms. The van der Waals surface area contributed by atoms with Crippen molar-refractivity contribution in [3.8, 4) is 11.4 Å². The molecule has 6 heteroatoms. The summed E-state index contributed by atoms with van der Waals surface area (Å²) in [5.74, 6) is 1.19. The summed E-state index contributed by atoms with van der Waals surface area (Å²) in [6, 6.07) is 14.2. The van der Waals surface area contributed by atoms with Gasteiger partial charge in [0, 0.05) is 30.6 Å². The standard InChI is InChI=1S/C22H18N4OS/c1-26-21(16-5-3-11-23-12-16)24-25-22(26)28-13-19(27)17-10-9-15-8-7-14-4-2-6-18(17)20(14)15/h2-6,9-12H,7-8,13H2,1H3. The number of aromatic nitrogens is 4. The molecular formula is C22H18N4OS. The summed E-state index contributed by atoms with van der Waals surface area (Å²) in [6.07, 6.45) is 5.62. The lowest BCUT2D eigenvalue weighted by Crippen LogP contribution is -2.05. The minimum Gasteiger partial charge on any atom is -0.305 e. The van der Waals surface area contributed by atoms with E-state index < -0.39 is 0 Å². The Bertz CT molecular complexity index is 1190. The van der Waals surface area contributed by atoms with Gasteiger partial charge in [0.1, 0.15) is 0 Å². The van der Waals surface area contributed by atoms with Crippen molar-refractivity contribution in [3.63, 3.8) is 0 Å². The van der Waals surface area contributed by atoms with E-state index in [0.29, 0.717) is 5.75 Å². The van der Waals surface area contributed by atoms with Gasteiger partial charge in [-0.3, -0.25) is 9.78 Å². The molecule has 5 nitrogen and oxygen atoms in total. The third-order valence-electron chi connectivity index (χ3n) is 5.26. The number of carbonyl (C=O) groups is 1. The number of carbonyl (C=O) groups excluding carboxylic acids is 1. The fourth-order valence-electron chi connectivity index (χ4n) is 3.88. The van der Waals surface area contributed by atoms with E-state index in [1.54, 1.807) is 12.4 Å². The highest BCUT2D eigenvalue weighted by Crippen LogP contribution is 2.33. The Morgan fingerprint density at radius 1 is 1.07 bits per heavy atom. The Morgan fingerprint density at radius 3 is 2.75 bits per heavy atom. The number of benzene rings is 2. The van der Waals surface area contributed by atoms with E-state index in [9.17, 15) is 4.79 Å². The maximum atomic E-state index is 13.0. The van der Waals surface area contributed by atoms with Gasteiger partial charge >= 0.3 is 0 Å². The molecule has 5 rings (SSSR count). The molecular weight excluding hydrogens is 368 g/mol. The zero-order valence-corrected chi connectivity index (χ0v) is 16.2. The van der Waals surface area contributed by atoms with Crippen molar-refractivity contribution in [2.45, 2.75) is 18.0 Å². The number of hydrogen-bond donors (Lipinski definition) is 0. The van der Waals surface area contributed by atoms with Crippen LogP contribution in [0.1, 0.15) is 21.5 Å². The van der Waals surface area contributed by atoms with E-state index in [2.05, 4.69) is 39.4 Å². The quantitative estimate of drug-likeness (QED) is 0.382. The van der Waals surface area contributed by atoms with Crippen molar-refractivity contribution in [1.82, 2.24) is 19.7 Å². The predicted octanol–water partition coefficient (Wildman–Crippen LogP) is 4.10. The third kappa shape index (κ3) is 2.81. The molecule has 0 saturated heterocycles. The lowest BCUT2D eigenvalue weighted by molar-refractivity contribution is 0.102. The fourth-order valence-corrected chi connectivity index (χ4v) is 4.68. The zero-order chi connectivity index (χ0) is 19.1. The van der Waals surface area contributed by atoms with Gasteiger partial charge in [-0.05, 0) is 46.9 Å². The smallest absolute Gasteiger partial charge is 0.191 e. The van der Waals surface area contributed by atoms with Crippen LogP contribution < -0.4 is 0 Å². The molecule has 1 aliphatic carbocycles. The predicted molar refractivity (Wildman–Crippen MR) is 111 cm³/mol. The van der Waals surface area contributed by atoms with E-state index >= 15 is 0 Å². The molecule has 4 aromatic rings. The van der Waals surface area contributed by atoms with Crippen LogP contribution >= 0.6 is 11.8 Å². The van der Waals surface area contributed by atoms with Gasteiger partial charge in [-0.1, -0.05) is 42.1 Å². The maximum absolute atomic E-state index is 13.0. The van der Waals surface area contributed by atoms with Crippen LogP contribution in [-0.4, -0.2) is 31.3 Å². The average Bonchev–Trinajstić information content (AvgIpc) is 3.32. The number of pyridine rings is 1. The molecule has 1 aliphatic rings. The molecule has 0 fully saturated rings. The molecule has 0 unspecified atom stereocenters. The number of rotatable bonds is 5. The van der Waals surface area contributed by atoms with Gasteiger partial charge in [-0.25, -0.2) is 0 Å². The number of hydrogen-bond acceptors (Lipinski definition) is 5. The summed E-state index contributed by atoms with van der Waals surface area (Å²) in [6.45, 7) is 0. The highest BCUT2D eigenvalue weighted by atomic mass is 32.2. The Labute approximate surface area is 166 Å². The maximum Gasteiger partial charge on any atom is 0.191 e. The number of thioether (sulfide) groups is 1. The summed E-state index contributed by atoms with van der Waals surface area (Å²) in [4.78, 5) is 17.1. The molecule has 0 amide bonds. The van der Waals surface area contributed by atoms with Crippen LogP contribution in [0.2, 0.25) is 0 Å². The lowest BCUT2D eigenvalue weighted by atomic mass is 9.98. The number of nitrogens with zero attached hydrogens (tertiary/aromatic N) is 4. The second-order valence-corrected chi connectivity index (χ2v) is 7.87. The molecule has 0 spiro atoms. The summed E-state index contributed by atoms with van der Waals surface area (Å²) < 4.78 is 1.91. The second-order valence-electron chi connectivity index (χ2n) is 6.93. The van der Waals surface area contributed by atoms with Crippen molar-refractivity contribution in [3.05, 3.63) is 71.5 Å². The van der Waals surface area contributed by atoms with Crippen molar-refractivity contribution >= 4 is 28.3 Å². The van der Waals surface area contributed by atoms with Crippen LogP contribution in [0, 0.1) is 0 Å². The molecule has 138 valence electrons. The van der Waals surface area contributed by atoms with Crippen molar-refractivity contribution < 1.29 is 4.79 Å². The van der Waals surface area contributed by atoms with Crippen molar-refractivity contribution in [2.24, 2.45) is 7.05 Å². The van der Waals surface area contributed by atoms with Crippen molar-refractivity contribution in [2.75, 3.05) is 5.75 Å². The van der Waals surface area contributed by atoms with Gasteiger partial charge in [-0.2, -0.15) is 0 Å². The van der Waals surface area contributed by atoms with Crippen LogP contribution in [0.25, 0.3) is 22.2 Å². The van der Waals surface area contributed by atoms with Gasteiger partial charge in [0.15, 0.2) is 16.8 Å². The first-order chi connectivity index (χ1) is 13.7. The molecule has 0 N–H and O–H groups in total. The molecule has 28 heavy (non-hydrogen) atoms. The van der Waals surface area contributed by atoms with Gasteiger partial charge < -0.3 is 4.57 Å².